The lowest BCUT2D eigenvalue weighted by molar-refractivity contribution is -0.122. The Morgan fingerprint density at radius 3 is 2.45 bits per heavy atom. The minimum absolute atomic E-state index is 0.166. The van der Waals surface area contributed by atoms with Gasteiger partial charge in [0.2, 0.25) is 11.8 Å². The van der Waals surface area contributed by atoms with Crippen molar-refractivity contribution >= 4 is 35.1 Å². The summed E-state index contributed by atoms with van der Waals surface area (Å²) in [6.07, 6.45) is 2.14. The molecule has 1 N–H and O–H groups in total. The predicted octanol–water partition coefficient (Wildman–Crippen LogP) is 5.17. The van der Waals surface area contributed by atoms with Crippen molar-refractivity contribution in [2.45, 2.75) is 39.0 Å². The van der Waals surface area contributed by atoms with Gasteiger partial charge in [-0.1, -0.05) is 48.5 Å². The average molecular weight is 511 g/mol. The van der Waals surface area contributed by atoms with Crippen LogP contribution in [0.4, 0.5) is 11.4 Å². The summed E-state index contributed by atoms with van der Waals surface area (Å²) in [5, 5.41) is 2.76. The Hall–Kier alpha value is -4.26. The Labute approximate surface area is 221 Å². The molecule has 0 radical (unpaired) electrons. The lowest BCUT2D eigenvalue weighted by Crippen LogP contribution is -2.31. The summed E-state index contributed by atoms with van der Waals surface area (Å²) < 4.78 is 5.22. The molecule has 1 saturated heterocycles. The largest absolute Gasteiger partial charge is 0.452 e. The van der Waals surface area contributed by atoms with Gasteiger partial charge in [0, 0.05) is 5.69 Å². The number of nitrogens with one attached hydrogen (secondary N) is 1. The molecule has 0 bridgehead atoms. The molecular formula is C31H30N2O5. The quantitative estimate of drug-likeness (QED) is 0.365. The molecule has 7 nitrogen and oxygen atoms in total. The van der Waals surface area contributed by atoms with Gasteiger partial charge in [0.15, 0.2) is 6.61 Å². The summed E-state index contributed by atoms with van der Waals surface area (Å²) in [7, 11) is 0. The number of anilines is 2. The van der Waals surface area contributed by atoms with Crippen LogP contribution in [0.25, 0.3) is 0 Å². The highest BCUT2D eigenvalue weighted by molar-refractivity contribution is 6.22. The maximum absolute atomic E-state index is 13.4. The molecule has 3 aromatic carbocycles. The highest BCUT2D eigenvalue weighted by Gasteiger charge is 2.50. The lowest BCUT2D eigenvalue weighted by atomic mass is 9.73. The number of hydrogen-bond acceptors (Lipinski definition) is 5. The second-order valence-electron chi connectivity index (χ2n) is 10.1. The van der Waals surface area contributed by atoms with E-state index >= 15 is 0 Å². The van der Waals surface area contributed by atoms with Crippen molar-refractivity contribution in [2.24, 2.45) is 11.8 Å². The van der Waals surface area contributed by atoms with Crippen LogP contribution >= 0.6 is 0 Å². The fraction of sp³-hybridized carbons (Fsp3) is 0.290. The molecule has 3 aromatic rings. The number of esters is 1. The first-order valence-corrected chi connectivity index (χ1v) is 12.9. The monoisotopic (exact) mass is 510 g/mol. The fourth-order valence-electron chi connectivity index (χ4n) is 5.50. The minimum atomic E-state index is -0.705. The number of amides is 3. The number of ether oxygens (including phenoxy) is 1. The van der Waals surface area contributed by atoms with Crippen LogP contribution in [-0.2, 0) is 19.1 Å². The summed E-state index contributed by atoms with van der Waals surface area (Å²) in [6.45, 7) is 3.35. The first-order valence-electron chi connectivity index (χ1n) is 12.9. The van der Waals surface area contributed by atoms with Gasteiger partial charge < -0.3 is 10.1 Å². The van der Waals surface area contributed by atoms with Crippen LogP contribution in [0.3, 0.4) is 0 Å². The Morgan fingerprint density at radius 1 is 0.895 bits per heavy atom. The van der Waals surface area contributed by atoms with Crippen molar-refractivity contribution in [3.05, 3.63) is 95.1 Å². The number of carbonyl (C=O) groups excluding carboxylic acids is 4. The average Bonchev–Trinajstić information content (AvgIpc) is 3.18. The van der Waals surface area contributed by atoms with Gasteiger partial charge in [0.1, 0.15) is 0 Å². The van der Waals surface area contributed by atoms with Crippen molar-refractivity contribution in [3.63, 3.8) is 0 Å². The van der Waals surface area contributed by atoms with Crippen molar-refractivity contribution < 1.29 is 23.9 Å². The smallest absolute Gasteiger partial charge is 0.338 e. The van der Waals surface area contributed by atoms with Gasteiger partial charge in [-0.3, -0.25) is 19.3 Å². The normalized spacial score (nSPS) is 20.7. The third-order valence-corrected chi connectivity index (χ3v) is 7.54. The summed E-state index contributed by atoms with van der Waals surface area (Å²) in [6, 6.07) is 22.1. The topological polar surface area (TPSA) is 92.8 Å². The Balaban J connectivity index is 1.25. The molecule has 1 saturated carbocycles. The van der Waals surface area contributed by atoms with Gasteiger partial charge >= 0.3 is 5.97 Å². The zero-order valence-corrected chi connectivity index (χ0v) is 21.5. The van der Waals surface area contributed by atoms with E-state index in [1.807, 2.05) is 50.2 Å². The van der Waals surface area contributed by atoms with Crippen LogP contribution in [0.5, 0.6) is 0 Å². The molecule has 2 aliphatic rings. The molecule has 0 aromatic heterocycles. The van der Waals surface area contributed by atoms with Gasteiger partial charge in [0.05, 0.1) is 23.1 Å². The van der Waals surface area contributed by atoms with E-state index in [-0.39, 0.29) is 35.1 Å². The number of aryl methyl sites for hydroxylation is 2. The van der Waals surface area contributed by atoms with Gasteiger partial charge in [0.25, 0.3) is 5.91 Å². The van der Waals surface area contributed by atoms with Crippen molar-refractivity contribution in [2.75, 3.05) is 16.8 Å². The summed E-state index contributed by atoms with van der Waals surface area (Å²) in [5.41, 5.74) is 4.27. The Bertz CT molecular complexity index is 1400. The number of imide groups is 1. The summed E-state index contributed by atoms with van der Waals surface area (Å²) in [4.78, 5) is 52.9. The molecular weight excluding hydrogens is 480 g/mol. The zero-order valence-electron chi connectivity index (χ0n) is 21.5. The molecule has 3 amide bonds. The zero-order chi connectivity index (χ0) is 26.8. The number of rotatable bonds is 6. The van der Waals surface area contributed by atoms with Gasteiger partial charge in [-0.15, -0.1) is 0 Å². The molecule has 2 fully saturated rings. The first kappa shape index (κ1) is 25.4. The van der Waals surface area contributed by atoms with E-state index in [0.29, 0.717) is 24.2 Å². The minimum Gasteiger partial charge on any atom is -0.452 e. The van der Waals surface area contributed by atoms with Crippen LogP contribution < -0.4 is 10.2 Å². The van der Waals surface area contributed by atoms with E-state index in [1.54, 1.807) is 12.1 Å². The van der Waals surface area contributed by atoms with E-state index in [2.05, 4.69) is 17.4 Å². The van der Waals surface area contributed by atoms with E-state index in [4.69, 9.17) is 4.74 Å². The predicted molar refractivity (Wildman–Crippen MR) is 144 cm³/mol. The highest BCUT2D eigenvalue weighted by atomic mass is 16.5. The maximum atomic E-state index is 13.4. The summed E-state index contributed by atoms with van der Waals surface area (Å²) >= 11 is 0. The molecule has 7 heteroatoms. The molecule has 1 aliphatic heterocycles. The second kappa shape index (κ2) is 10.6. The molecule has 1 aliphatic carbocycles. The van der Waals surface area contributed by atoms with Crippen LogP contribution in [0, 0.1) is 25.7 Å². The first-order chi connectivity index (χ1) is 18.3. The van der Waals surface area contributed by atoms with Crippen LogP contribution in [0.15, 0.2) is 72.8 Å². The van der Waals surface area contributed by atoms with Crippen LogP contribution in [0.1, 0.15) is 52.2 Å². The Kier molecular flexibility index (Phi) is 7.09. The molecule has 0 spiro atoms. The van der Waals surface area contributed by atoms with Crippen molar-refractivity contribution in [1.29, 1.82) is 0 Å². The van der Waals surface area contributed by atoms with Crippen molar-refractivity contribution in [3.8, 4) is 0 Å². The SMILES string of the molecule is Cc1ccc(C)c(NC(=O)COC(=O)c2cccc(N3C(=O)C4CCC(c5ccccc5)CC4C3=O)c2)c1. The van der Waals surface area contributed by atoms with Crippen LogP contribution in [-0.4, -0.2) is 30.3 Å². The van der Waals surface area contributed by atoms with E-state index < -0.39 is 18.5 Å². The molecule has 3 atom stereocenters. The number of fused-ring (bicyclic) bond motifs is 1. The fourth-order valence-corrected chi connectivity index (χ4v) is 5.50. The number of carbonyl (C=O) groups is 4. The molecule has 194 valence electrons. The molecule has 38 heavy (non-hydrogen) atoms. The standard InChI is InChI=1S/C31H30N2O5/c1-19-11-12-20(2)27(15-19)32-28(34)18-38-31(37)23-9-6-10-24(16-23)33-29(35)25-14-13-22(17-26(25)30(33)36)21-7-4-3-5-8-21/h3-12,15-16,22,25-26H,13-14,17-18H2,1-2H3,(H,32,34). The number of nitrogens with zero attached hydrogens (tertiary/aromatic N) is 1. The third-order valence-electron chi connectivity index (χ3n) is 7.54. The Morgan fingerprint density at radius 2 is 1.66 bits per heavy atom. The summed E-state index contributed by atoms with van der Waals surface area (Å²) in [5.74, 6) is -2.07. The molecule has 1 heterocycles. The van der Waals surface area contributed by atoms with Gasteiger partial charge in [-0.2, -0.15) is 0 Å². The van der Waals surface area contributed by atoms with E-state index in [1.165, 1.54) is 22.6 Å². The number of benzene rings is 3. The number of hydrogen-bond donors (Lipinski definition) is 1. The molecule has 5 rings (SSSR count). The van der Waals surface area contributed by atoms with E-state index in [0.717, 1.165) is 17.5 Å². The van der Waals surface area contributed by atoms with Gasteiger partial charge in [-0.05, 0) is 80.0 Å². The third kappa shape index (κ3) is 5.09. The lowest BCUT2D eigenvalue weighted by Gasteiger charge is -2.28. The van der Waals surface area contributed by atoms with Gasteiger partial charge in [-0.25, -0.2) is 4.79 Å². The highest BCUT2D eigenvalue weighted by Crippen LogP contribution is 2.45. The van der Waals surface area contributed by atoms with E-state index in [9.17, 15) is 19.2 Å². The maximum Gasteiger partial charge on any atom is 0.338 e. The van der Waals surface area contributed by atoms with Crippen LogP contribution in [0.2, 0.25) is 0 Å². The van der Waals surface area contributed by atoms with Crippen molar-refractivity contribution in [1.82, 2.24) is 0 Å². The second-order valence-corrected chi connectivity index (χ2v) is 10.1. The molecule has 3 unspecified atom stereocenters.